The molecule has 0 amide bonds. The van der Waals surface area contributed by atoms with E-state index in [1.165, 1.54) is 5.56 Å². The third kappa shape index (κ3) is 3.36. The Morgan fingerprint density at radius 3 is 2.40 bits per heavy atom. The van der Waals surface area contributed by atoms with Gasteiger partial charge in [0.05, 0.1) is 0 Å². The molecule has 0 fully saturated rings. The van der Waals surface area contributed by atoms with Crippen LogP contribution in [0.5, 0.6) is 11.6 Å². The van der Waals surface area contributed by atoms with Crippen LogP contribution < -0.4 is 10.1 Å². The Morgan fingerprint density at radius 2 is 1.80 bits per heavy atom. The van der Waals surface area contributed by atoms with Crippen LogP contribution in [0, 0.1) is 0 Å². The number of ether oxygens (including phenoxy) is 1. The van der Waals surface area contributed by atoms with Crippen LogP contribution >= 0.6 is 0 Å². The molecule has 1 N–H and O–H groups in total. The van der Waals surface area contributed by atoms with Crippen molar-refractivity contribution in [1.82, 2.24) is 10.3 Å². The zero-order chi connectivity index (χ0) is 14.5. The van der Waals surface area contributed by atoms with Crippen LogP contribution in [-0.2, 0) is 0 Å². The maximum atomic E-state index is 5.91. The van der Waals surface area contributed by atoms with Crippen molar-refractivity contribution in [3.63, 3.8) is 0 Å². The molecule has 0 saturated heterocycles. The normalized spacial score (nSPS) is 12.4. The Morgan fingerprint density at radius 1 is 1.05 bits per heavy atom. The Kier molecular flexibility index (Phi) is 4.74. The maximum Gasteiger partial charge on any atom is 0.219 e. The van der Waals surface area contributed by atoms with Crippen LogP contribution in [0.1, 0.15) is 43.9 Å². The largest absolute Gasteiger partial charge is 0.439 e. The highest BCUT2D eigenvalue weighted by Gasteiger charge is 2.09. The van der Waals surface area contributed by atoms with Crippen molar-refractivity contribution in [3.05, 3.63) is 53.7 Å². The highest BCUT2D eigenvalue weighted by molar-refractivity contribution is 5.38. The fourth-order valence-corrected chi connectivity index (χ4v) is 2.04. The van der Waals surface area contributed by atoms with E-state index in [2.05, 4.69) is 37.1 Å². The molecule has 0 spiro atoms. The molecule has 0 radical (unpaired) electrons. The number of para-hydroxylation sites is 1. The van der Waals surface area contributed by atoms with Crippen molar-refractivity contribution in [1.29, 1.82) is 0 Å². The smallest absolute Gasteiger partial charge is 0.219 e. The average Bonchev–Trinajstić information content (AvgIpc) is 2.47. The molecule has 3 heteroatoms. The minimum absolute atomic E-state index is 0.291. The third-order valence-corrected chi connectivity index (χ3v) is 3.45. The summed E-state index contributed by atoms with van der Waals surface area (Å²) in [5.74, 6) is 1.93. The second-order valence-electron chi connectivity index (χ2n) is 5.23. The predicted molar refractivity (Wildman–Crippen MR) is 82.3 cm³/mol. The van der Waals surface area contributed by atoms with Gasteiger partial charge in [-0.2, -0.15) is 0 Å². The van der Waals surface area contributed by atoms with E-state index >= 15 is 0 Å². The highest BCUT2D eigenvalue weighted by atomic mass is 16.5. The number of nitrogens with zero attached hydrogens (tertiary/aromatic N) is 1. The Balaban J connectivity index is 2.18. The molecule has 1 heterocycles. The molecule has 106 valence electrons. The Bertz CT molecular complexity index is 549. The summed E-state index contributed by atoms with van der Waals surface area (Å²) in [5.41, 5.74) is 2.35. The van der Waals surface area contributed by atoms with Crippen molar-refractivity contribution < 1.29 is 4.74 Å². The van der Waals surface area contributed by atoms with Crippen molar-refractivity contribution >= 4 is 0 Å². The SMILES string of the molecule is CNC(C)c1ccc(Oc2ccccc2C(C)C)nc1. The summed E-state index contributed by atoms with van der Waals surface area (Å²) in [4.78, 5) is 4.38. The summed E-state index contributed by atoms with van der Waals surface area (Å²) in [5, 5.41) is 3.19. The second kappa shape index (κ2) is 6.53. The molecule has 0 aliphatic carbocycles. The summed E-state index contributed by atoms with van der Waals surface area (Å²) < 4.78 is 5.91. The molecule has 1 unspecified atom stereocenters. The van der Waals surface area contributed by atoms with Gasteiger partial charge in [0.2, 0.25) is 5.88 Å². The van der Waals surface area contributed by atoms with Gasteiger partial charge in [-0.25, -0.2) is 4.98 Å². The third-order valence-electron chi connectivity index (χ3n) is 3.45. The number of rotatable bonds is 5. The lowest BCUT2D eigenvalue weighted by Gasteiger charge is -2.14. The van der Waals surface area contributed by atoms with Gasteiger partial charge < -0.3 is 10.1 Å². The standard InChI is InChI=1S/C17H22N2O/c1-12(2)15-7-5-6-8-16(15)20-17-10-9-14(11-19-17)13(3)18-4/h5-13,18H,1-4H3. The predicted octanol–water partition coefficient (Wildman–Crippen LogP) is 4.28. The lowest BCUT2D eigenvalue weighted by Crippen LogP contribution is -2.12. The van der Waals surface area contributed by atoms with E-state index in [-0.39, 0.29) is 0 Å². The van der Waals surface area contributed by atoms with E-state index < -0.39 is 0 Å². The van der Waals surface area contributed by atoms with Crippen LogP contribution in [-0.4, -0.2) is 12.0 Å². The highest BCUT2D eigenvalue weighted by Crippen LogP contribution is 2.29. The van der Waals surface area contributed by atoms with E-state index in [1.54, 1.807) is 0 Å². The minimum atomic E-state index is 0.291. The van der Waals surface area contributed by atoms with Gasteiger partial charge in [0, 0.05) is 18.3 Å². The molecule has 1 atom stereocenters. The molecule has 3 nitrogen and oxygen atoms in total. The van der Waals surface area contributed by atoms with Crippen LogP contribution in [0.2, 0.25) is 0 Å². The van der Waals surface area contributed by atoms with E-state index in [0.29, 0.717) is 17.8 Å². The molecule has 20 heavy (non-hydrogen) atoms. The zero-order valence-electron chi connectivity index (χ0n) is 12.6. The first-order chi connectivity index (χ1) is 9.61. The van der Waals surface area contributed by atoms with Crippen molar-refractivity contribution in [2.75, 3.05) is 7.05 Å². The first kappa shape index (κ1) is 14.5. The summed E-state index contributed by atoms with van der Waals surface area (Å²) in [7, 11) is 1.94. The first-order valence-electron chi connectivity index (χ1n) is 7.01. The molecule has 0 aliphatic rings. The lowest BCUT2D eigenvalue weighted by molar-refractivity contribution is 0.453. The molecule has 1 aromatic heterocycles. The fourth-order valence-electron chi connectivity index (χ4n) is 2.04. The number of aromatic nitrogens is 1. The zero-order valence-corrected chi connectivity index (χ0v) is 12.6. The van der Waals surface area contributed by atoms with Gasteiger partial charge in [0.1, 0.15) is 5.75 Å². The van der Waals surface area contributed by atoms with E-state index in [1.807, 2.05) is 43.6 Å². The van der Waals surface area contributed by atoms with Crippen LogP contribution in [0.4, 0.5) is 0 Å². The monoisotopic (exact) mass is 270 g/mol. The van der Waals surface area contributed by atoms with Crippen molar-refractivity contribution in [2.24, 2.45) is 0 Å². The maximum absolute atomic E-state index is 5.91. The van der Waals surface area contributed by atoms with Gasteiger partial charge in [-0.15, -0.1) is 0 Å². The van der Waals surface area contributed by atoms with Gasteiger partial charge in [-0.3, -0.25) is 0 Å². The summed E-state index contributed by atoms with van der Waals surface area (Å²) in [6.07, 6.45) is 1.86. The molecule has 1 aromatic carbocycles. The molecule has 0 aliphatic heterocycles. The molecule has 2 aromatic rings. The minimum Gasteiger partial charge on any atom is -0.439 e. The van der Waals surface area contributed by atoms with Crippen molar-refractivity contribution in [3.8, 4) is 11.6 Å². The molecular weight excluding hydrogens is 248 g/mol. The van der Waals surface area contributed by atoms with Crippen LogP contribution in [0.3, 0.4) is 0 Å². The van der Waals surface area contributed by atoms with E-state index in [0.717, 1.165) is 11.3 Å². The number of pyridine rings is 1. The summed E-state index contributed by atoms with van der Waals surface area (Å²) in [6, 6.07) is 12.4. The summed E-state index contributed by atoms with van der Waals surface area (Å²) in [6.45, 7) is 6.42. The van der Waals surface area contributed by atoms with E-state index in [4.69, 9.17) is 4.74 Å². The molecule has 2 rings (SSSR count). The van der Waals surface area contributed by atoms with Gasteiger partial charge in [-0.1, -0.05) is 38.1 Å². The Hall–Kier alpha value is -1.87. The van der Waals surface area contributed by atoms with Gasteiger partial charge >= 0.3 is 0 Å². The summed E-state index contributed by atoms with van der Waals surface area (Å²) >= 11 is 0. The van der Waals surface area contributed by atoms with Crippen LogP contribution in [0.25, 0.3) is 0 Å². The lowest BCUT2D eigenvalue weighted by atomic mass is 10.0. The number of hydrogen-bond donors (Lipinski definition) is 1. The first-order valence-corrected chi connectivity index (χ1v) is 7.01. The quantitative estimate of drug-likeness (QED) is 0.880. The number of hydrogen-bond acceptors (Lipinski definition) is 3. The van der Waals surface area contributed by atoms with Crippen molar-refractivity contribution in [2.45, 2.75) is 32.7 Å². The fraction of sp³-hybridized carbons (Fsp3) is 0.353. The van der Waals surface area contributed by atoms with Gasteiger partial charge in [0.15, 0.2) is 0 Å². The number of benzene rings is 1. The molecule has 0 bridgehead atoms. The average molecular weight is 270 g/mol. The molecular formula is C17H22N2O. The Labute approximate surface area is 121 Å². The molecule has 0 saturated carbocycles. The van der Waals surface area contributed by atoms with Gasteiger partial charge in [-0.05, 0) is 37.1 Å². The topological polar surface area (TPSA) is 34.1 Å². The second-order valence-corrected chi connectivity index (χ2v) is 5.23. The van der Waals surface area contributed by atoms with E-state index in [9.17, 15) is 0 Å². The van der Waals surface area contributed by atoms with Crippen LogP contribution in [0.15, 0.2) is 42.6 Å². The number of nitrogens with one attached hydrogen (secondary N) is 1. The van der Waals surface area contributed by atoms with Gasteiger partial charge in [0.25, 0.3) is 0 Å².